The molecule has 0 saturated heterocycles. The van der Waals surface area contributed by atoms with Gasteiger partial charge >= 0.3 is 0 Å². The highest BCUT2D eigenvalue weighted by Crippen LogP contribution is 2.45. The summed E-state index contributed by atoms with van der Waals surface area (Å²) in [5, 5.41) is 18.7. The molecule has 3 heterocycles. The molecule has 0 aliphatic carbocycles. The first kappa shape index (κ1) is 20.3. The van der Waals surface area contributed by atoms with Gasteiger partial charge in [0.05, 0.1) is 30.1 Å². The third-order valence-electron chi connectivity index (χ3n) is 5.72. The van der Waals surface area contributed by atoms with Gasteiger partial charge in [0, 0.05) is 17.9 Å². The Bertz CT molecular complexity index is 1350. The lowest BCUT2D eigenvalue weighted by Crippen LogP contribution is -2.25. The summed E-state index contributed by atoms with van der Waals surface area (Å²) >= 11 is 1.53. The number of nitrogens with one attached hydrogen (secondary N) is 1. The normalized spacial score (nSPS) is 15.5. The van der Waals surface area contributed by atoms with Crippen LogP contribution in [0.1, 0.15) is 34.7 Å². The molecule has 1 amide bonds. The van der Waals surface area contributed by atoms with Crippen LogP contribution in [0.15, 0.2) is 30.3 Å². The average Bonchev–Trinajstić information content (AvgIpc) is 3.33. The first-order valence-electron chi connectivity index (χ1n) is 10.1. The Morgan fingerprint density at radius 3 is 2.56 bits per heavy atom. The standard InChI is InChI=1S/C23H22N4O4S/c1-11-5-6-15-18(7-11)32-23(24-15)27-22-20(12(2)26-27)14(10-19(28)25-22)13-8-16(30-3)21(29)17(9-13)31-4/h5-9,14,29H,10H2,1-4H3,(H,25,28). The van der Waals surface area contributed by atoms with Crippen molar-refractivity contribution in [3.05, 3.63) is 52.7 Å². The molecule has 0 bridgehead atoms. The van der Waals surface area contributed by atoms with Crippen molar-refractivity contribution in [3.63, 3.8) is 0 Å². The molecular formula is C23H22N4O4S. The molecule has 0 spiro atoms. The van der Waals surface area contributed by atoms with E-state index in [9.17, 15) is 9.90 Å². The molecule has 5 rings (SSSR count). The lowest BCUT2D eigenvalue weighted by atomic mass is 9.85. The van der Waals surface area contributed by atoms with Crippen LogP contribution in [0.4, 0.5) is 5.82 Å². The van der Waals surface area contributed by atoms with Gasteiger partial charge in [-0.05, 0) is 49.2 Å². The molecule has 2 N–H and O–H groups in total. The van der Waals surface area contributed by atoms with Gasteiger partial charge in [-0.15, -0.1) is 0 Å². The van der Waals surface area contributed by atoms with Crippen molar-refractivity contribution in [2.75, 3.05) is 19.5 Å². The zero-order valence-electron chi connectivity index (χ0n) is 18.1. The fourth-order valence-electron chi connectivity index (χ4n) is 4.20. The van der Waals surface area contributed by atoms with Gasteiger partial charge in [-0.1, -0.05) is 17.4 Å². The molecule has 9 heteroatoms. The van der Waals surface area contributed by atoms with Crippen LogP contribution in [-0.4, -0.2) is 40.0 Å². The smallest absolute Gasteiger partial charge is 0.226 e. The Hall–Kier alpha value is -3.59. The molecule has 164 valence electrons. The fourth-order valence-corrected chi connectivity index (χ4v) is 5.22. The second-order valence-electron chi connectivity index (χ2n) is 7.81. The highest BCUT2D eigenvalue weighted by molar-refractivity contribution is 7.20. The summed E-state index contributed by atoms with van der Waals surface area (Å²) in [6, 6.07) is 9.59. The Balaban J connectivity index is 1.67. The number of anilines is 1. The number of rotatable bonds is 4. The third kappa shape index (κ3) is 3.16. The molecule has 1 aliphatic rings. The number of amides is 1. The zero-order valence-corrected chi connectivity index (χ0v) is 18.9. The molecule has 32 heavy (non-hydrogen) atoms. The minimum atomic E-state index is -0.271. The van der Waals surface area contributed by atoms with Crippen molar-refractivity contribution in [2.45, 2.75) is 26.2 Å². The Labute approximate surface area is 188 Å². The van der Waals surface area contributed by atoms with E-state index in [0.717, 1.165) is 32.6 Å². The average molecular weight is 451 g/mol. The van der Waals surface area contributed by atoms with Crippen LogP contribution >= 0.6 is 11.3 Å². The lowest BCUT2D eigenvalue weighted by Gasteiger charge is -2.25. The number of aromatic hydroxyl groups is 1. The Kier molecular flexibility index (Phi) is 4.78. The molecule has 2 aromatic heterocycles. The summed E-state index contributed by atoms with van der Waals surface area (Å²) in [4.78, 5) is 17.4. The van der Waals surface area contributed by atoms with Gasteiger partial charge < -0.3 is 19.9 Å². The van der Waals surface area contributed by atoms with E-state index >= 15 is 0 Å². The van der Waals surface area contributed by atoms with E-state index in [1.807, 2.05) is 26.0 Å². The number of nitrogens with zero attached hydrogens (tertiary/aromatic N) is 3. The number of aromatic nitrogens is 3. The number of aryl methyl sites for hydroxylation is 2. The second kappa shape index (κ2) is 7.52. The van der Waals surface area contributed by atoms with E-state index in [1.54, 1.807) is 16.8 Å². The largest absolute Gasteiger partial charge is 0.502 e. The number of carbonyl (C=O) groups is 1. The van der Waals surface area contributed by atoms with E-state index in [0.29, 0.717) is 22.4 Å². The van der Waals surface area contributed by atoms with E-state index < -0.39 is 0 Å². The number of fused-ring (bicyclic) bond motifs is 2. The summed E-state index contributed by atoms with van der Waals surface area (Å²) in [6.07, 6.45) is 0.246. The number of benzene rings is 2. The maximum absolute atomic E-state index is 12.7. The molecule has 0 saturated carbocycles. The van der Waals surface area contributed by atoms with Crippen molar-refractivity contribution in [1.82, 2.24) is 14.8 Å². The maximum Gasteiger partial charge on any atom is 0.226 e. The summed E-state index contributed by atoms with van der Waals surface area (Å²) in [5.41, 5.74) is 4.57. The molecular weight excluding hydrogens is 428 g/mol. The molecule has 4 aromatic rings. The Morgan fingerprint density at radius 2 is 1.88 bits per heavy atom. The predicted molar refractivity (Wildman–Crippen MR) is 123 cm³/mol. The van der Waals surface area contributed by atoms with Crippen LogP contribution in [0.3, 0.4) is 0 Å². The maximum atomic E-state index is 12.7. The molecule has 1 atom stereocenters. The molecule has 1 unspecified atom stereocenters. The topological polar surface area (TPSA) is 98.5 Å². The van der Waals surface area contributed by atoms with Crippen LogP contribution in [0.2, 0.25) is 0 Å². The SMILES string of the molecule is COc1cc(C2CC(=O)Nc3c2c(C)nn3-c2nc3ccc(C)cc3s2)cc(OC)c1O. The Morgan fingerprint density at radius 1 is 1.16 bits per heavy atom. The van der Waals surface area contributed by atoms with Gasteiger partial charge in [0.2, 0.25) is 16.8 Å². The summed E-state index contributed by atoms with van der Waals surface area (Å²) < 4.78 is 13.4. The van der Waals surface area contributed by atoms with Crippen molar-refractivity contribution in [2.24, 2.45) is 0 Å². The molecule has 0 radical (unpaired) electrons. The second-order valence-corrected chi connectivity index (χ2v) is 8.82. The van der Waals surface area contributed by atoms with Crippen LogP contribution in [0, 0.1) is 13.8 Å². The van der Waals surface area contributed by atoms with Crippen LogP contribution in [0.5, 0.6) is 17.2 Å². The number of carbonyl (C=O) groups excluding carboxylic acids is 1. The van der Waals surface area contributed by atoms with Gasteiger partial charge in [-0.25, -0.2) is 4.98 Å². The van der Waals surface area contributed by atoms with Gasteiger partial charge in [0.15, 0.2) is 11.5 Å². The van der Waals surface area contributed by atoms with Crippen molar-refractivity contribution < 1.29 is 19.4 Å². The van der Waals surface area contributed by atoms with Gasteiger partial charge in [-0.3, -0.25) is 4.79 Å². The van der Waals surface area contributed by atoms with Gasteiger partial charge in [0.1, 0.15) is 5.82 Å². The number of phenols is 1. The summed E-state index contributed by atoms with van der Waals surface area (Å²) in [7, 11) is 2.96. The molecule has 8 nitrogen and oxygen atoms in total. The highest BCUT2D eigenvalue weighted by atomic mass is 32.1. The highest BCUT2D eigenvalue weighted by Gasteiger charge is 2.34. The van der Waals surface area contributed by atoms with E-state index in [4.69, 9.17) is 19.6 Å². The fraction of sp³-hybridized carbons (Fsp3) is 0.261. The number of methoxy groups -OCH3 is 2. The molecule has 2 aromatic carbocycles. The van der Waals surface area contributed by atoms with Crippen LogP contribution in [-0.2, 0) is 4.79 Å². The van der Waals surface area contributed by atoms with E-state index in [1.165, 1.54) is 25.6 Å². The van der Waals surface area contributed by atoms with Crippen molar-refractivity contribution >= 4 is 33.3 Å². The summed E-state index contributed by atoms with van der Waals surface area (Å²) in [5.74, 6) is 0.734. The first-order chi connectivity index (χ1) is 15.4. The van der Waals surface area contributed by atoms with E-state index in [-0.39, 0.29) is 24.0 Å². The lowest BCUT2D eigenvalue weighted by molar-refractivity contribution is -0.116. The molecule has 0 fully saturated rings. The van der Waals surface area contributed by atoms with Gasteiger partial charge in [0.25, 0.3) is 0 Å². The number of ether oxygens (including phenoxy) is 2. The minimum absolute atomic E-state index is 0.0728. The zero-order chi connectivity index (χ0) is 22.6. The van der Waals surface area contributed by atoms with Gasteiger partial charge in [-0.2, -0.15) is 9.78 Å². The van der Waals surface area contributed by atoms with Crippen molar-refractivity contribution in [3.8, 4) is 22.4 Å². The third-order valence-corrected chi connectivity index (χ3v) is 6.71. The molecule has 1 aliphatic heterocycles. The summed E-state index contributed by atoms with van der Waals surface area (Å²) in [6.45, 7) is 3.97. The number of hydrogen-bond acceptors (Lipinski definition) is 7. The predicted octanol–water partition coefficient (Wildman–Crippen LogP) is 4.30. The number of hydrogen-bond donors (Lipinski definition) is 2. The van der Waals surface area contributed by atoms with E-state index in [2.05, 4.69) is 11.4 Å². The number of phenolic OH excluding ortho intramolecular Hbond substituents is 1. The minimum Gasteiger partial charge on any atom is -0.502 e. The van der Waals surface area contributed by atoms with Crippen LogP contribution in [0.25, 0.3) is 15.3 Å². The monoisotopic (exact) mass is 450 g/mol. The van der Waals surface area contributed by atoms with Crippen LogP contribution < -0.4 is 14.8 Å². The number of thiazole rings is 1. The quantitative estimate of drug-likeness (QED) is 0.481. The van der Waals surface area contributed by atoms with Crippen molar-refractivity contribution in [1.29, 1.82) is 0 Å². The first-order valence-corrected chi connectivity index (χ1v) is 10.9.